The summed E-state index contributed by atoms with van der Waals surface area (Å²) in [6.07, 6.45) is 6.47. The molecule has 5 heteroatoms. The van der Waals surface area contributed by atoms with Crippen molar-refractivity contribution in [2.24, 2.45) is 0 Å². The van der Waals surface area contributed by atoms with Crippen LogP contribution in [0.3, 0.4) is 0 Å². The van der Waals surface area contributed by atoms with Crippen LogP contribution in [0.1, 0.15) is 50.9 Å². The minimum atomic E-state index is 0. The van der Waals surface area contributed by atoms with E-state index in [0.717, 1.165) is 60.7 Å². The van der Waals surface area contributed by atoms with Crippen LogP contribution in [0.4, 0.5) is 0 Å². The van der Waals surface area contributed by atoms with Gasteiger partial charge in [-0.05, 0) is 48.6 Å². The van der Waals surface area contributed by atoms with Gasteiger partial charge >= 0.3 is 17.1 Å². The van der Waals surface area contributed by atoms with E-state index in [2.05, 4.69) is 23.8 Å². The van der Waals surface area contributed by atoms with Gasteiger partial charge in [0.15, 0.2) is 0 Å². The summed E-state index contributed by atoms with van der Waals surface area (Å²) in [6.45, 7) is 4.31. The average Bonchev–Trinajstić information content (AvgIpc) is 2.77. The Bertz CT molecular complexity index is 1030. The fourth-order valence-corrected chi connectivity index (χ4v) is 3.31. The molecule has 0 N–H and O–H groups in total. The van der Waals surface area contributed by atoms with Crippen LogP contribution < -0.4 is 10.2 Å². The molecule has 31 heavy (non-hydrogen) atoms. The van der Waals surface area contributed by atoms with Crippen molar-refractivity contribution in [2.45, 2.75) is 52.4 Å². The van der Waals surface area contributed by atoms with Crippen molar-refractivity contribution in [3.05, 3.63) is 72.1 Å². The zero-order chi connectivity index (χ0) is 21.3. The first-order valence-corrected chi connectivity index (χ1v) is 10.7. The quantitative estimate of drug-likeness (QED) is 0.369. The Morgan fingerprint density at radius 1 is 0.613 bits per heavy atom. The van der Waals surface area contributed by atoms with Gasteiger partial charge in [0.1, 0.15) is 0 Å². The van der Waals surface area contributed by atoms with Crippen LogP contribution in [0, 0.1) is 0 Å². The molecule has 0 aliphatic heterocycles. The predicted molar refractivity (Wildman–Crippen MR) is 120 cm³/mol. The molecular formula is C26H28FeN2O2. The normalized spacial score (nSPS) is 10.4. The minimum absolute atomic E-state index is 0. The zero-order valence-corrected chi connectivity index (χ0v) is 19.2. The Labute approximate surface area is 194 Å². The molecule has 0 unspecified atom stereocenters. The van der Waals surface area contributed by atoms with Gasteiger partial charge < -0.3 is 10.2 Å². The van der Waals surface area contributed by atoms with E-state index < -0.39 is 0 Å². The molecule has 0 radical (unpaired) electrons. The van der Waals surface area contributed by atoms with E-state index in [1.165, 1.54) is 0 Å². The summed E-state index contributed by atoms with van der Waals surface area (Å²) < 4.78 is 0. The van der Waals surface area contributed by atoms with Crippen LogP contribution in [0.2, 0.25) is 0 Å². The van der Waals surface area contributed by atoms with Crippen molar-refractivity contribution in [3.63, 3.8) is 0 Å². The number of aromatic nitrogens is 2. The number of fused-ring (bicyclic) bond motifs is 2. The Morgan fingerprint density at radius 2 is 1.03 bits per heavy atom. The third-order valence-electron chi connectivity index (χ3n) is 5.05. The van der Waals surface area contributed by atoms with Crippen molar-refractivity contribution >= 4 is 21.8 Å². The SMILES string of the molecule is CCCCc1ccc2cccc([O-])c2n1.CCCCc1ccc2cccc([O-])c2n1.[Fe+2]. The van der Waals surface area contributed by atoms with Gasteiger partial charge in [0.25, 0.3) is 0 Å². The Kier molecular flexibility index (Phi) is 9.77. The maximum Gasteiger partial charge on any atom is 2.00 e. The summed E-state index contributed by atoms with van der Waals surface area (Å²) >= 11 is 0. The number of unbranched alkanes of at least 4 members (excludes halogenated alkanes) is 2. The van der Waals surface area contributed by atoms with Gasteiger partial charge in [-0.15, -0.1) is 0 Å². The average molecular weight is 456 g/mol. The van der Waals surface area contributed by atoms with E-state index in [0.29, 0.717) is 11.0 Å². The van der Waals surface area contributed by atoms with Crippen molar-refractivity contribution in [1.82, 2.24) is 9.97 Å². The second-order valence-electron chi connectivity index (χ2n) is 7.47. The molecule has 0 saturated heterocycles. The van der Waals surface area contributed by atoms with Crippen LogP contribution in [-0.2, 0) is 29.9 Å². The number of benzene rings is 2. The number of para-hydroxylation sites is 2. The van der Waals surface area contributed by atoms with Crippen molar-refractivity contribution in [1.29, 1.82) is 0 Å². The third-order valence-corrected chi connectivity index (χ3v) is 5.05. The van der Waals surface area contributed by atoms with Gasteiger partial charge in [-0.2, -0.15) is 0 Å². The molecule has 4 nitrogen and oxygen atoms in total. The Morgan fingerprint density at radius 3 is 1.42 bits per heavy atom. The summed E-state index contributed by atoms with van der Waals surface area (Å²) in [5.74, 6) is 0.0386. The molecule has 0 aliphatic rings. The van der Waals surface area contributed by atoms with Crippen LogP contribution in [-0.4, -0.2) is 9.97 Å². The summed E-state index contributed by atoms with van der Waals surface area (Å²) in [5.41, 5.74) is 3.25. The first kappa shape index (κ1) is 24.6. The fraction of sp³-hybridized carbons (Fsp3) is 0.308. The van der Waals surface area contributed by atoms with Crippen LogP contribution in [0.15, 0.2) is 60.7 Å². The Balaban J connectivity index is 0.000000213. The van der Waals surface area contributed by atoms with Crippen molar-refractivity contribution in [2.75, 3.05) is 0 Å². The molecule has 0 saturated carbocycles. The molecule has 0 fully saturated rings. The molecule has 0 aliphatic carbocycles. The molecule has 2 aromatic heterocycles. The largest absolute Gasteiger partial charge is 2.00 e. The van der Waals surface area contributed by atoms with Crippen molar-refractivity contribution in [3.8, 4) is 11.5 Å². The third kappa shape index (κ3) is 6.68. The molecule has 4 aromatic rings. The van der Waals surface area contributed by atoms with Crippen LogP contribution in [0.25, 0.3) is 21.8 Å². The van der Waals surface area contributed by atoms with Gasteiger partial charge in [-0.25, -0.2) is 0 Å². The number of nitrogens with zero attached hydrogens (tertiary/aromatic N) is 2. The van der Waals surface area contributed by atoms with Crippen LogP contribution in [0.5, 0.6) is 11.5 Å². The topological polar surface area (TPSA) is 71.9 Å². The standard InChI is InChI=1S/2C13H15NO.Fe/c2*1-2-3-6-11-9-8-10-5-4-7-12(15)13(10)14-11;/h2*4-5,7-9,15H,2-3,6H2,1H3;/q;;+2/p-2. The van der Waals surface area contributed by atoms with E-state index in [1.54, 1.807) is 24.3 Å². The first-order valence-electron chi connectivity index (χ1n) is 10.7. The van der Waals surface area contributed by atoms with Crippen molar-refractivity contribution < 1.29 is 27.3 Å². The zero-order valence-electron chi connectivity index (χ0n) is 18.1. The maximum absolute atomic E-state index is 11.5. The number of pyridine rings is 2. The van der Waals surface area contributed by atoms with E-state index in [9.17, 15) is 10.2 Å². The summed E-state index contributed by atoms with van der Waals surface area (Å²) in [5, 5.41) is 25.0. The fourth-order valence-electron chi connectivity index (χ4n) is 3.31. The van der Waals surface area contributed by atoms with Gasteiger partial charge in [0.05, 0.1) is 11.0 Å². The predicted octanol–water partition coefficient (Wildman–Crippen LogP) is 5.30. The van der Waals surface area contributed by atoms with E-state index in [1.807, 2.05) is 36.4 Å². The molecule has 0 bridgehead atoms. The number of rotatable bonds is 6. The molecule has 162 valence electrons. The monoisotopic (exact) mass is 456 g/mol. The number of aryl methyl sites for hydroxylation is 2. The Hall–Kier alpha value is -2.62. The summed E-state index contributed by atoms with van der Waals surface area (Å²) in [7, 11) is 0. The molecule has 0 amide bonds. The molecule has 2 aromatic carbocycles. The van der Waals surface area contributed by atoms with Gasteiger partial charge in [-0.1, -0.05) is 86.7 Å². The van der Waals surface area contributed by atoms with E-state index in [4.69, 9.17) is 0 Å². The van der Waals surface area contributed by atoms with Gasteiger partial charge in [-0.3, -0.25) is 9.97 Å². The van der Waals surface area contributed by atoms with Gasteiger partial charge in [0, 0.05) is 11.4 Å². The molecule has 0 spiro atoms. The molecular weight excluding hydrogens is 428 g/mol. The van der Waals surface area contributed by atoms with E-state index >= 15 is 0 Å². The molecule has 0 atom stereocenters. The summed E-state index contributed by atoms with van der Waals surface area (Å²) in [4.78, 5) is 8.80. The smallest absolute Gasteiger partial charge is 0.871 e. The molecule has 2 heterocycles. The number of hydrogen-bond donors (Lipinski definition) is 0. The second-order valence-corrected chi connectivity index (χ2v) is 7.47. The maximum atomic E-state index is 11.5. The molecule has 4 rings (SSSR count). The summed E-state index contributed by atoms with van der Waals surface area (Å²) in [6, 6.07) is 18.5. The minimum Gasteiger partial charge on any atom is -0.871 e. The number of hydrogen-bond acceptors (Lipinski definition) is 4. The van der Waals surface area contributed by atoms with Gasteiger partial charge in [0.2, 0.25) is 0 Å². The van der Waals surface area contributed by atoms with E-state index in [-0.39, 0.29) is 28.6 Å². The second kappa shape index (κ2) is 12.3. The first-order chi connectivity index (χ1) is 14.6. The van der Waals surface area contributed by atoms with Crippen LogP contribution >= 0.6 is 0 Å².